The summed E-state index contributed by atoms with van der Waals surface area (Å²) in [4.78, 5) is 51.1. The van der Waals surface area contributed by atoms with Gasteiger partial charge in [-0.2, -0.15) is 0 Å². The lowest BCUT2D eigenvalue weighted by Gasteiger charge is -2.40. The first-order valence-corrected chi connectivity index (χ1v) is 30.5. The Labute approximate surface area is 488 Å². The molecule has 1 saturated heterocycles. The summed E-state index contributed by atoms with van der Waals surface area (Å²) in [6.07, 6.45) is 68.2. The maximum Gasteiger partial charge on any atom is 0.335 e. The number of esters is 3. The molecule has 0 aromatic carbocycles. The quantitative estimate of drug-likeness (QED) is 0.0228. The molecule has 0 aliphatic carbocycles. The monoisotopic (exact) mass is 1120 g/mol. The number of rotatable bonds is 49. The molecule has 6 atom stereocenters. The van der Waals surface area contributed by atoms with Gasteiger partial charge in [0, 0.05) is 12.8 Å². The van der Waals surface area contributed by atoms with Crippen LogP contribution < -0.4 is 0 Å². The molecule has 0 amide bonds. The average molecular weight is 1130 g/mol. The smallest absolute Gasteiger partial charge is 0.335 e. The third-order valence-corrected chi connectivity index (χ3v) is 12.6. The van der Waals surface area contributed by atoms with Crippen LogP contribution in [0, 0.1) is 0 Å². The Morgan fingerprint density at radius 3 is 1.30 bits per heavy atom. The number of hydrogen-bond donors (Lipinski definition) is 3. The maximum atomic E-state index is 13.1. The predicted octanol–water partition coefficient (Wildman–Crippen LogP) is 16.1. The topological polar surface area (TPSA) is 175 Å². The number of carboxylic acid groups (broad SMARTS) is 1. The normalized spacial score (nSPS) is 18.9. The molecule has 0 aromatic rings. The van der Waals surface area contributed by atoms with E-state index >= 15 is 0 Å². The molecule has 0 radical (unpaired) electrons. The third kappa shape index (κ3) is 44.7. The number of aliphatic hydroxyl groups excluding tert-OH is 2. The highest BCUT2D eigenvalue weighted by molar-refractivity contribution is 5.74. The van der Waals surface area contributed by atoms with Gasteiger partial charge in [-0.3, -0.25) is 14.4 Å². The van der Waals surface area contributed by atoms with Gasteiger partial charge in [-0.1, -0.05) is 224 Å². The van der Waals surface area contributed by atoms with E-state index in [1.807, 2.05) is 36.5 Å². The van der Waals surface area contributed by atoms with Gasteiger partial charge in [0.1, 0.15) is 18.8 Å². The van der Waals surface area contributed by atoms with Crippen molar-refractivity contribution in [2.75, 3.05) is 13.2 Å². The highest BCUT2D eigenvalue weighted by atomic mass is 16.7. The van der Waals surface area contributed by atoms with Crippen LogP contribution in [0.4, 0.5) is 0 Å². The second kappa shape index (κ2) is 54.9. The molecule has 12 nitrogen and oxygen atoms in total. The number of ether oxygens (including phenoxy) is 5. The first kappa shape index (κ1) is 73.4. The lowest BCUT2D eigenvalue weighted by atomic mass is 9.98. The van der Waals surface area contributed by atoms with E-state index in [0.29, 0.717) is 25.7 Å². The highest BCUT2D eigenvalue weighted by Crippen LogP contribution is 2.26. The molecule has 0 aromatic heterocycles. The Morgan fingerprint density at radius 1 is 0.432 bits per heavy atom. The lowest BCUT2D eigenvalue weighted by Crippen LogP contribution is -2.61. The fourth-order valence-electron chi connectivity index (χ4n) is 8.03. The lowest BCUT2D eigenvalue weighted by molar-refractivity contribution is -0.301. The Morgan fingerprint density at radius 2 is 0.840 bits per heavy atom. The molecule has 1 aliphatic heterocycles. The number of unbranched alkanes of at least 4 members (excludes halogenated alkanes) is 10. The molecule has 81 heavy (non-hydrogen) atoms. The molecule has 0 spiro atoms. The maximum absolute atomic E-state index is 13.1. The molecular weight excluding hydrogens is 1020 g/mol. The van der Waals surface area contributed by atoms with Crippen molar-refractivity contribution in [1.82, 2.24) is 0 Å². The zero-order valence-corrected chi connectivity index (χ0v) is 49.7. The van der Waals surface area contributed by atoms with Crippen molar-refractivity contribution in [3.8, 4) is 0 Å². The Balaban J connectivity index is 2.79. The summed E-state index contributed by atoms with van der Waals surface area (Å²) in [6.45, 7) is 5.60. The summed E-state index contributed by atoms with van der Waals surface area (Å²) in [6, 6.07) is 0. The highest BCUT2D eigenvalue weighted by Gasteiger charge is 2.50. The van der Waals surface area contributed by atoms with Crippen LogP contribution in [0.2, 0.25) is 0 Å². The van der Waals surface area contributed by atoms with Crippen LogP contribution >= 0.6 is 0 Å². The van der Waals surface area contributed by atoms with Gasteiger partial charge in [0.25, 0.3) is 0 Å². The van der Waals surface area contributed by atoms with Gasteiger partial charge in [0.2, 0.25) is 0 Å². The van der Waals surface area contributed by atoms with Crippen molar-refractivity contribution in [2.24, 2.45) is 0 Å². The van der Waals surface area contributed by atoms with Gasteiger partial charge in [-0.15, -0.1) is 0 Å². The number of carbonyl (C=O) groups is 4. The predicted molar refractivity (Wildman–Crippen MR) is 330 cm³/mol. The number of carbonyl (C=O) groups excluding carboxylic acids is 3. The first-order chi connectivity index (χ1) is 39.6. The molecule has 1 aliphatic rings. The van der Waals surface area contributed by atoms with E-state index in [0.717, 1.165) is 109 Å². The van der Waals surface area contributed by atoms with Crippen molar-refractivity contribution >= 4 is 23.9 Å². The van der Waals surface area contributed by atoms with Gasteiger partial charge in [0.15, 0.2) is 24.6 Å². The Bertz CT molecular complexity index is 2010. The largest absolute Gasteiger partial charge is 0.479 e. The second-order valence-electron chi connectivity index (χ2n) is 19.9. The molecule has 1 fully saturated rings. The summed E-state index contributed by atoms with van der Waals surface area (Å²) in [5.74, 6) is -3.44. The summed E-state index contributed by atoms with van der Waals surface area (Å²) in [7, 11) is 0. The number of carboxylic acids is 1. The number of aliphatic carboxylic acids is 1. The van der Waals surface area contributed by atoms with Gasteiger partial charge in [0.05, 0.1) is 13.0 Å². The molecule has 3 N–H and O–H groups in total. The first-order valence-electron chi connectivity index (χ1n) is 30.5. The minimum atomic E-state index is -1.95. The number of aliphatic hydroxyl groups is 2. The van der Waals surface area contributed by atoms with E-state index in [2.05, 4.69) is 136 Å². The molecule has 12 heteroatoms. The average Bonchev–Trinajstić information content (AvgIpc) is 3.54. The van der Waals surface area contributed by atoms with Crippen LogP contribution in [0.15, 0.2) is 158 Å². The van der Waals surface area contributed by atoms with Gasteiger partial charge < -0.3 is 39.0 Å². The molecule has 1 rings (SSSR count). The number of allylic oxidation sites excluding steroid dienone is 25. The van der Waals surface area contributed by atoms with Gasteiger partial charge in [-0.05, 0) is 116 Å². The van der Waals surface area contributed by atoms with Crippen LogP contribution in [0.25, 0.3) is 0 Å². The molecule has 0 bridgehead atoms. The Kier molecular flexibility index (Phi) is 49.7. The van der Waals surface area contributed by atoms with Crippen molar-refractivity contribution in [2.45, 2.75) is 237 Å². The summed E-state index contributed by atoms with van der Waals surface area (Å²) in [5, 5.41) is 31.5. The SMILES string of the molecule is CC/C=C\C/C=C\C/C=C\C/C=C\C/C=C\C/C=C\CCC(=O)OC1C(OCC(COC(=O)CCCCCCCCC/C=C\C/C=C\CCCCC)OC(=O)C/C=C\C/C=C\C/C=C\C/C=C\C/C=C\CC)OC(C(=O)O)C(O)C1O. The van der Waals surface area contributed by atoms with Crippen LogP contribution in [0.3, 0.4) is 0 Å². The molecule has 1 heterocycles. The van der Waals surface area contributed by atoms with Crippen molar-refractivity contribution in [3.05, 3.63) is 158 Å². The van der Waals surface area contributed by atoms with Crippen LogP contribution in [0.5, 0.6) is 0 Å². The minimum absolute atomic E-state index is 0.0852. The van der Waals surface area contributed by atoms with E-state index in [1.54, 1.807) is 6.08 Å². The van der Waals surface area contributed by atoms with Crippen LogP contribution in [0.1, 0.15) is 201 Å². The summed E-state index contributed by atoms with van der Waals surface area (Å²) < 4.78 is 28.2. The van der Waals surface area contributed by atoms with Crippen LogP contribution in [-0.2, 0) is 42.9 Å². The van der Waals surface area contributed by atoms with E-state index < -0.39 is 67.3 Å². The van der Waals surface area contributed by atoms with E-state index in [-0.39, 0.29) is 25.9 Å². The zero-order chi connectivity index (χ0) is 58.9. The van der Waals surface area contributed by atoms with Crippen LogP contribution in [-0.4, -0.2) is 89.2 Å². The van der Waals surface area contributed by atoms with Crippen molar-refractivity contribution < 1.29 is 58.2 Å². The standard InChI is InChI=1S/C69H104O12/c1-4-7-10-13-16-19-22-25-28-30-31-33-36-39-42-45-48-51-54-57-63(72)80-67-65(74)64(73)66(68(75)76)81-69(67)78-59-60(79-62(71)56-53-50-47-44-41-38-34-27-24-21-18-15-12-9-6-3)58-77-61(70)55-52-49-46-43-40-37-35-32-29-26-23-20-17-14-11-8-5-2/h7,9-10,12,16-21,25-29,31,33-34,39,41-42,44,48,50-51,53,60,64-67,69,73-74H,4-6,8,11,13-15,22-24,30,32,35-38,40,43,45-47,49,52,54-59H2,1-3H3,(H,75,76)/b10-7-,12-9-,19-16-,20-17-,21-18-,28-25-,29-26-,33-31-,34-27-,42-39-,44-41-,51-48-,53-50-. The minimum Gasteiger partial charge on any atom is -0.479 e. The van der Waals surface area contributed by atoms with Gasteiger partial charge in [-0.25, -0.2) is 4.79 Å². The fourth-order valence-corrected chi connectivity index (χ4v) is 8.03. The summed E-state index contributed by atoms with van der Waals surface area (Å²) in [5.41, 5.74) is 0. The van der Waals surface area contributed by atoms with E-state index in [1.165, 1.54) is 25.7 Å². The van der Waals surface area contributed by atoms with Crippen molar-refractivity contribution in [3.63, 3.8) is 0 Å². The molecule has 0 saturated carbocycles. The van der Waals surface area contributed by atoms with Gasteiger partial charge >= 0.3 is 23.9 Å². The van der Waals surface area contributed by atoms with Crippen molar-refractivity contribution in [1.29, 1.82) is 0 Å². The fraction of sp³-hybridized carbons (Fsp3) is 0.565. The van der Waals surface area contributed by atoms with E-state index in [4.69, 9.17) is 23.7 Å². The number of hydrogen-bond acceptors (Lipinski definition) is 11. The molecule has 452 valence electrons. The second-order valence-corrected chi connectivity index (χ2v) is 19.9. The molecular formula is C69H104O12. The van der Waals surface area contributed by atoms with E-state index in [9.17, 15) is 34.5 Å². The Hall–Kier alpha value is -5.66. The third-order valence-electron chi connectivity index (χ3n) is 12.6. The summed E-state index contributed by atoms with van der Waals surface area (Å²) >= 11 is 0. The molecule has 6 unspecified atom stereocenters. The zero-order valence-electron chi connectivity index (χ0n) is 49.7.